The molecule has 0 aromatic heterocycles. The van der Waals surface area contributed by atoms with Crippen LogP contribution in [0.4, 0.5) is 11.4 Å². The summed E-state index contributed by atoms with van der Waals surface area (Å²) in [6, 6.07) is 8.16. The van der Waals surface area contributed by atoms with Gasteiger partial charge in [0.1, 0.15) is 26.8 Å². The molecule has 0 spiro atoms. The molecule has 22 nitrogen and oxygen atoms in total. The van der Waals surface area contributed by atoms with Gasteiger partial charge in [-0.1, -0.05) is 6.42 Å². The third kappa shape index (κ3) is 16.3. The minimum absolute atomic E-state index is 0.0356. The first-order valence-corrected chi connectivity index (χ1v) is 28.7. The van der Waals surface area contributed by atoms with E-state index in [0.717, 1.165) is 0 Å². The van der Waals surface area contributed by atoms with Crippen LogP contribution in [-0.4, -0.2) is 171 Å². The highest BCUT2D eigenvalue weighted by Crippen LogP contribution is 2.51. The molecule has 2 amide bonds. The standard InChI is InChI=1S/C49H69N3O19S3/c1-36(33-44-49(3,18-21-65-4)40-35-38(74(62,63)64)11-13-41(40)50(44)19-8-6-7-10-47(55)71-52-45(53)15-16-46(52)54)32-43-48(2,17-9-31-72(56,57)58)39-34-37(73(59,60)61)12-14-42(39)51(43)20-22-67-25-26-69-29-30-70-28-27-68-24-23-66-5/h11-14,32-35H,6-10,15-31H2,1-5H3,(H2-,56,57,58,59,60,61,62,63,64)/p-2. The topological polar surface area (TPSA) is 297 Å². The molecule has 412 valence electrons. The van der Waals surface area contributed by atoms with Gasteiger partial charge in [-0.3, -0.25) is 9.59 Å². The number of allylic oxidation sites excluding steroid dienone is 4. The van der Waals surface area contributed by atoms with Crippen LogP contribution in [-0.2, 0) is 88.8 Å². The zero-order valence-electron chi connectivity index (χ0n) is 42.5. The highest BCUT2D eigenvalue weighted by Gasteiger charge is 2.49. The second-order valence-corrected chi connectivity index (χ2v) is 22.7. The number of hydrogen-bond acceptors (Lipinski definition) is 20. The SMILES string of the molecule is COCCOCCOCCOCCOCC[N+]1=C(C=C(C)C=C2N(CCCCCC(=O)ON3C(=O)CCC3=O)c3ccc(S(=O)(=O)[O-])cc3C2(C)CCOC)C(C)(CCCS(=O)(=O)[O-])c2cc(S(=O)(=O)[O-])ccc21. The molecule has 3 aliphatic heterocycles. The minimum Gasteiger partial charge on any atom is -0.748 e. The molecule has 5 rings (SSSR count). The largest absolute Gasteiger partial charge is 0.748 e. The number of hydroxylamine groups is 2. The number of unbranched alkanes of at least 4 members (excludes halogenated alkanes) is 2. The van der Waals surface area contributed by atoms with Crippen LogP contribution in [0.5, 0.6) is 0 Å². The van der Waals surface area contributed by atoms with Crippen LogP contribution in [0.2, 0.25) is 0 Å². The van der Waals surface area contributed by atoms with E-state index < -0.39 is 74.5 Å². The van der Waals surface area contributed by atoms with Crippen LogP contribution in [0, 0.1) is 0 Å². The van der Waals surface area contributed by atoms with Gasteiger partial charge in [0.25, 0.3) is 11.8 Å². The number of carbonyl (C=O) groups excluding carboxylic acids is 3. The molecule has 2 atom stereocenters. The molecular weight excluding hydrogens is 1030 g/mol. The molecule has 0 bridgehead atoms. The minimum atomic E-state index is -4.95. The Bertz CT molecular complexity index is 2750. The fourth-order valence-corrected chi connectivity index (χ4v) is 10.8. The van der Waals surface area contributed by atoms with Crippen molar-refractivity contribution in [2.45, 2.75) is 99.2 Å². The lowest BCUT2D eigenvalue weighted by atomic mass is 9.75. The number of benzene rings is 2. The molecule has 0 saturated carbocycles. The van der Waals surface area contributed by atoms with Gasteiger partial charge in [0.2, 0.25) is 5.69 Å². The monoisotopic (exact) mass is 1100 g/mol. The van der Waals surface area contributed by atoms with Crippen molar-refractivity contribution in [3.8, 4) is 0 Å². The number of hydrogen-bond donors (Lipinski definition) is 0. The second-order valence-electron chi connectivity index (χ2n) is 18.4. The van der Waals surface area contributed by atoms with E-state index in [1.807, 2.05) is 35.5 Å². The first kappa shape index (κ1) is 60.4. The lowest BCUT2D eigenvalue weighted by Gasteiger charge is -2.31. The molecule has 74 heavy (non-hydrogen) atoms. The Labute approximate surface area is 433 Å². The Morgan fingerprint density at radius 2 is 1.24 bits per heavy atom. The average molecular weight is 1100 g/mol. The van der Waals surface area contributed by atoms with Gasteiger partial charge in [0, 0.05) is 86.9 Å². The Kier molecular flexibility index (Phi) is 22.0. The zero-order chi connectivity index (χ0) is 54.3. The Morgan fingerprint density at radius 1 is 0.689 bits per heavy atom. The maximum Gasteiger partial charge on any atom is 0.333 e. The van der Waals surface area contributed by atoms with Gasteiger partial charge < -0.3 is 51.8 Å². The third-order valence-electron chi connectivity index (χ3n) is 13.1. The summed E-state index contributed by atoms with van der Waals surface area (Å²) in [4.78, 5) is 42.6. The highest BCUT2D eigenvalue weighted by molar-refractivity contribution is 7.86. The van der Waals surface area contributed by atoms with Crippen molar-refractivity contribution < 1.29 is 91.1 Å². The van der Waals surface area contributed by atoms with Crippen molar-refractivity contribution in [3.05, 3.63) is 70.9 Å². The Balaban J connectivity index is 1.49. The van der Waals surface area contributed by atoms with E-state index in [9.17, 15) is 53.3 Å². The molecule has 2 aromatic carbocycles. The molecule has 3 aliphatic rings. The molecule has 1 fully saturated rings. The Morgan fingerprint density at radius 3 is 1.81 bits per heavy atom. The number of ether oxygens (including phenoxy) is 6. The van der Waals surface area contributed by atoms with Crippen LogP contribution in [0.3, 0.4) is 0 Å². The van der Waals surface area contributed by atoms with Gasteiger partial charge >= 0.3 is 5.97 Å². The molecule has 1 saturated heterocycles. The van der Waals surface area contributed by atoms with Gasteiger partial charge in [-0.2, -0.15) is 4.58 Å². The van der Waals surface area contributed by atoms with Gasteiger partial charge in [0.05, 0.1) is 78.2 Å². The van der Waals surface area contributed by atoms with E-state index in [0.29, 0.717) is 116 Å². The summed E-state index contributed by atoms with van der Waals surface area (Å²) in [6.07, 6.45) is 5.19. The summed E-state index contributed by atoms with van der Waals surface area (Å²) >= 11 is 0. The molecule has 0 radical (unpaired) electrons. The van der Waals surface area contributed by atoms with Gasteiger partial charge in [-0.05, 0) is 100 Å². The lowest BCUT2D eigenvalue weighted by Crippen LogP contribution is -2.33. The zero-order valence-corrected chi connectivity index (χ0v) is 44.9. The van der Waals surface area contributed by atoms with E-state index in [1.165, 1.54) is 37.4 Å². The van der Waals surface area contributed by atoms with Crippen LogP contribution in [0.1, 0.15) is 89.7 Å². The van der Waals surface area contributed by atoms with Crippen LogP contribution in [0.15, 0.2) is 69.6 Å². The fraction of sp³-hybridized carbons (Fsp3) is 0.592. The first-order valence-electron chi connectivity index (χ1n) is 24.3. The van der Waals surface area contributed by atoms with E-state index in [1.54, 1.807) is 20.1 Å². The second kappa shape index (κ2) is 27.0. The lowest BCUT2D eigenvalue weighted by molar-refractivity contribution is -0.442. The average Bonchev–Trinajstić information content (AvgIpc) is 3.85. The van der Waals surface area contributed by atoms with Crippen molar-refractivity contribution in [2.24, 2.45) is 0 Å². The van der Waals surface area contributed by atoms with Gasteiger partial charge in [-0.15, -0.1) is 5.06 Å². The van der Waals surface area contributed by atoms with Gasteiger partial charge in [0.15, 0.2) is 12.3 Å². The third-order valence-corrected chi connectivity index (χ3v) is 15.5. The van der Waals surface area contributed by atoms with Crippen LogP contribution >= 0.6 is 0 Å². The molecule has 25 heteroatoms. The summed E-state index contributed by atoms with van der Waals surface area (Å²) in [5.74, 6) is -2.62. The number of methoxy groups -OCH3 is 2. The quantitative estimate of drug-likeness (QED) is 0.0426. The van der Waals surface area contributed by atoms with Crippen molar-refractivity contribution in [2.75, 3.05) is 104 Å². The number of anilines is 1. The van der Waals surface area contributed by atoms with E-state index in [4.69, 9.17) is 33.3 Å². The number of fused-ring (bicyclic) bond motifs is 2. The molecule has 2 unspecified atom stereocenters. The number of amides is 2. The summed E-state index contributed by atoms with van der Waals surface area (Å²) in [7, 11) is -11.4. The summed E-state index contributed by atoms with van der Waals surface area (Å²) in [5.41, 5.74) is 1.83. The number of imide groups is 1. The summed E-state index contributed by atoms with van der Waals surface area (Å²) in [5, 5.41) is 0.499. The van der Waals surface area contributed by atoms with Crippen LogP contribution in [0.25, 0.3) is 0 Å². The number of nitrogens with zero attached hydrogens (tertiary/aromatic N) is 3. The number of rotatable bonds is 33. The van der Waals surface area contributed by atoms with E-state index in [-0.39, 0.29) is 65.1 Å². The molecule has 2 aromatic rings. The normalized spacial score (nSPS) is 19.8. The van der Waals surface area contributed by atoms with Gasteiger partial charge in [-0.25, -0.2) is 30.0 Å². The maximum absolute atomic E-state index is 12.6. The summed E-state index contributed by atoms with van der Waals surface area (Å²) in [6.45, 7) is 9.28. The van der Waals surface area contributed by atoms with Crippen molar-refractivity contribution in [1.82, 2.24) is 5.06 Å². The smallest absolute Gasteiger partial charge is 0.333 e. The molecule has 3 heterocycles. The fourth-order valence-electron chi connectivity index (χ4n) is 9.27. The Hall–Kier alpha value is -4.51. The van der Waals surface area contributed by atoms with Crippen molar-refractivity contribution in [3.63, 3.8) is 0 Å². The van der Waals surface area contributed by atoms with Crippen LogP contribution < -0.4 is 4.90 Å². The summed E-state index contributed by atoms with van der Waals surface area (Å²) < 4.78 is 145. The first-order chi connectivity index (χ1) is 34.9. The van der Waals surface area contributed by atoms with Crippen molar-refractivity contribution in [1.29, 1.82) is 0 Å². The molecule has 0 N–H and O–H groups in total. The predicted molar refractivity (Wildman–Crippen MR) is 264 cm³/mol. The van der Waals surface area contributed by atoms with E-state index in [2.05, 4.69) is 0 Å². The highest BCUT2D eigenvalue weighted by atomic mass is 32.2. The predicted octanol–water partition coefficient (Wildman–Crippen LogP) is 3.70. The molecular formula is C49H67N3O19S3-2. The molecule has 0 aliphatic carbocycles. The van der Waals surface area contributed by atoms with E-state index >= 15 is 0 Å². The number of carbonyl (C=O) groups is 3. The maximum atomic E-state index is 12.6. The van der Waals surface area contributed by atoms with Crippen molar-refractivity contribution >= 4 is 65.2 Å².